The molecule has 1 aromatic carbocycles. The topological polar surface area (TPSA) is 111 Å². The van der Waals surface area contributed by atoms with Crippen LogP contribution in [0, 0.1) is 6.92 Å². The molecule has 0 bridgehead atoms. The van der Waals surface area contributed by atoms with Crippen molar-refractivity contribution in [3.05, 3.63) is 51.4 Å². The lowest BCUT2D eigenvalue weighted by atomic mass is 9.95. The van der Waals surface area contributed by atoms with Crippen molar-refractivity contribution in [1.29, 1.82) is 0 Å². The first-order valence-electron chi connectivity index (χ1n) is 6.97. The van der Waals surface area contributed by atoms with Crippen LogP contribution < -0.4 is 15.6 Å². The maximum absolute atomic E-state index is 12.2. The molecule has 0 unspecified atom stereocenters. The SMILES string of the molecule is COc1cccc([C@H]2c3c(C)n[nH]c(=O)c3Nc3nnnn32)c1. The van der Waals surface area contributed by atoms with Gasteiger partial charge in [0, 0.05) is 5.56 Å². The van der Waals surface area contributed by atoms with Crippen molar-refractivity contribution in [1.82, 2.24) is 30.4 Å². The largest absolute Gasteiger partial charge is 0.497 e. The number of anilines is 2. The Morgan fingerprint density at radius 3 is 3.04 bits per heavy atom. The van der Waals surface area contributed by atoms with E-state index in [4.69, 9.17) is 4.74 Å². The van der Waals surface area contributed by atoms with E-state index < -0.39 is 0 Å². The molecule has 2 aromatic heterocycles. The molecule has 23 heavy (non-hydrogen) atoms. The number of hydrogen-bond donors (Lipinski definition) is 2. The minimum Gasteiger partial charge on any atom is -0.497 e. The first-order chi connectivity index (χ1) is 11.2. The second-order valence-corrected chi connectivity index (χ2v) is 5.18. The fourth-order valence-electron chi connectivity index (χ4n) is 2.82. The molecular weight excluding hydrogens is 298 g/mol. The number of fused-ring (bicyclic) bond motifs is 2. The number of methoxy groups -OCH3 is 1. The quantitative estimate of drug-likeness (QED) is 0.562. The van der Waals surface area contributed by atoms with Gasteiger partial charge in [0.15, 0.2) is 0 Å². The smallest absolute Gasteiger partial charge is 0.288 e. The average Bonchev–Trinajstić information content (AvgIpc) is 3.05. The number of nitrogens with one attached hydrogen (secondary N) is 2. The number of H-pyrrole nitrogens is 1. The standard InChI is InChI=1S/C14H13N7O2/c1-7-10-11(13(22)17-16-7)15-14-18-19-20-21(14)12(10)8-4-3-5-9(6-8)23-2/h3-6,12H,1-2H3,(H,17,22)(H,15,18,20)/t12-/m0/s1. The van der Waals surface area contributed by atoms with Crippen molar-refractivity contribution in [3.8, 4) is 5.75 Å². The number of rotatable bonds is 2. The number of benzene rings is 1. The molecule has 0 amide bonds. The van der Waals surface area contributed by atoms with Crippen molar-refractivity contribution >= 4 is 11.6 Å². The molecule has 1 atom stereocenters. The summed E-state index contributed by atoms with van der Waals surface area (Å²) in [5.41, 5.74) is 2.43. The van der Waals surface area contributed by atoms with Crippen LogP contribution in [0.25, 0.3) is 0 Å². The summed E-state index contributed by atoms with van der Waals surface area (Å²) < 4.78 is 6.93. The summed E-state index contributed by atoms with van der Waals surface area (Å²) >= 11 is 0. The van der Waals surface area contributed by atoms with Crippen LogP contribution in [0.15, 0.2) is 29.1 Å². The van der Waals surface area contributed by atoms with Gasteiger partial charge in [0.25, 0.3) is 5.56 Å². The lowest BCUT2D eigenvalue weighted by molar-refractivity contribution is 0.413. The van der Waals surface area contributed by atoms with E-state index in [1.165, 1.54) is 0 Å². The van der Waals surface area contributed by atoms with E-state index in [0.29, 0.717) is 23.1 Å². The second kappa shape index (κ2) is 4.90. The van der Waals surface area contributed by atoms with E-state index in [2.05, 4.69) is 31.0 Å². The Hall–Kier alpha value is -3.23. The van der Waals surface area contributed by atoms with Crippen molar-refractivity contribution in [2.24, 2.45) is 0 Å². The van der Waals surface area contributed by atoms with E-state index in [1.54, 1.807) is 11.8 Å². The van der Waals surface area contributed by atoms with Crippen LogP contribution >= 0.6 is 0 Å². The van der Waals surface area contributed by atoms with Gasteiger partial charge in [-0.05, 0) is 35.0 Å². The number of ether oxygens (including phenoxy) is 1. The van der Waals surface area contributed by atoms with Crippen LogP contribution in [0.3, 0.4) is 0 Å². The van der Waals surface area contributed by atoms with Crippen LogP contribution in [0.5, 0.6) is 5.75 Å². The number of tetrazole rings is 1. The predicted octanol–water partition coefficient (Wildman–Crippen LogP) is 0.768. The minimum absolute atomic E-state index is 0.312. The van der Waals surface area contributed by atoms with Crippen LogP contribution in [-0.2, 0) is 0 Å². The molecule has 1 aliphatic heterocycles. The summed E-state index contributed by atoms with van der Waals surface area (Å²) in [4.78, 5) is 12.2. The molecule has 9 nitrogen and oxygen atoms in total. The van der Waals surface area contributed by atoms with Crippen molar-refractivity contribution < 1.29 is 4.74 Å². The average molecular weight is 311 g/mol. The summed E-state index contributed by atoms with van der Waals surface area (Å²) in [7, 11) is 1.61. The third-order valence-electron chi connectivity index (χ3n) is 3.87. The molecule has 2 N–H and O–H groups in total. The molecule has 0 fully saturated rings. The molecule has 3 aromatic rings. The summed E-state index contributed by atoms with van der Waals surface area (Å²) in [5, 5.41) is 21.2. The molecule has 4 rings (SSSR count). The van der Waals surface area contributed by atoms with E-state index in [1.807, 2.05) is 31.2 Å². The van der Waals surface area contributed by atoms with Crippen LogP contribution in [0.2, 0.25) is 0 Å². The van der Waals surface area contributed by atoms with E-state index in [0.717, 1.165) is 11.1 Å². The highest BCUT2D eigenvalue weighted by Crippen LogP contribution is 2.38. The van der Waals surface area contributed by atoms with Crippen molar-refractivity contribution in [3.63, 3.8) is 0 Å². The Kier molecular flexibility index (Phi) is 2.86. The van der Waals surface area contributed by atoms with Gasteiger partial charge in [-0.2, -0.15) is 9.78 Å². The van der Waals surface area contributed by atoms with Gasteiger partial charge in [0.1, 0.15) is 17.5 Å². The zero-order chi connectivity index (χ0) is 16.0. The zero-order valence-corrected chi connectivity index (χ0v) is 12.4. The van der Waals surface area contributed by atoms with Crippen LogP contribution in [-0.4, -0.2) is 37.5 Å². The highest BCUT2D eigenvalue weighted by Gasteiger charge is 2.32. The monoisotopic (exact) mass is 311 g/mol. The summed E-state index contributed by atoms with van der Waals surface area (Å²) in [6, 6.07) is 7.21. The molecule has 0 saturated carbocycles. The van der Waals surface area contributed by atoms with Gasteiger partial charge >= 0.3 is 0 Å². The zero-order valence-electron chi connectivity index (χ0n) is 12.4. The van der Waals surface area contributed by atoms with E-state index in [9.17, 15) is 4.79 Å². The van der Waals surface area contributed by atoms with Gasteiger partial charge in [-0.1, -0.05) is 17.2 Å². The van der Waals surface area contributed by atoms with Crippen molar-refractivity contribution in [2.45, 2.75) is 13.0 Å². The number of aromatic amines is 1. The molecule has 0 spiro atoms. The maximum atomic E-state index is 12.2. The van der Waals surface area contributed by atoms with Crippen LogP contribution in [0.4, 0.5) is 11.6 Å². The normalized spacial score (nSPS) is 15.5. The van der Waals surface area contributed by atoms with Gasteiger partial charge in [-0.15, -0.1) is 0 Å². The molecule has 9 heteroatoms. The molecule has 0 aliphatic carbocycles. The summed E-state index contributed by atoms with van der Waals surface area (Å²) in [6.07, 6.45) is 0. The Labute approximate surface area is 130 Å². The fourth-order valence-corrected chi connectivity index (χ4v) is 2.82. The fraction of sp³-hybridized carbons (Fsp3) is 0.214. The van der Waals surface area contributed by atoms with Gasteiger partial charge in [0.05, 0.1) is 12.8 Å². The van der Waals surface area contributed by atoms with E-state index >= 15 is 0 Å². The van der Waals surface area contributed by atoms with Gasteiger partial charge < -0.3 is 10.1 Å². The van der Waals surface area contributed by atoms with Gasteiger partial charge in [0.2, 0.25) is 5.95 Å². The maximum Gasteiger partial charge on any atom is 0.288 e. The highest BCUT2D eigenvalue weighted by molar-refractivity contribution is 5.64. The third-order valence-corrected chi connectivity index (χ3v) is 3.87. The lowest BCUT2D eigenvalue weighted by Gasteiger charge is -2.27. The summed E-state index contributed by atoms with van der Waals surface area (Å²) in [6.45, 7) is 1.83. The Balaban J connectivity index is 2.01. The van der Waals surface area contributed by atoms with Gasteiger partial charge in [-0.25, -0.2) is 5.10 Å². The first kappa shape index (κ1) is 13.4. The second-order valence-electron chi connectivity index (χ2n) is 5.18. The Morgan fingerprint density at radius 2 is 2.22 bits per heavy atom. The molecule has 0 radical (unpaired) electrons. The van der Waals surface area contributed by atoms with Gasteiger partial charge in [-0.3, -0.25) is 4.79 Å². The van der Waals surface area contributed by atoms with Crippen molar-refractivity contribution in [2.75, 3.05) is 12.4 Å². The minimum atomic E-state index is -0.360. The summed E-state index contributed by atoms with van der Waals surface area (Å²) in [5.74, 6) is 1.12. The first-order valence-corrected chi connectivity index (χ1v) is 6.97. The molecule has 3 heterocycles. The Morgan fingerprint density at radius 1 is 1.35 bits per heavy atom. The number of nitrogens with zero attached hydrogens (tertiary/aromatic N) is 5. The predicted molar refractivity (Wildman–Crippen MR) is 80.9 cm³/mol. The van der Waals surface area contributed by atoms with E-state index in [-0.39, 0.29) is 11.6 Å². The Bertz CT molecular complexity index is 946. The molecule has 116 valence electrons. The number of aryl methyl sites for hydroxylation is 1. The molecular formula is C14H13N7O2. The lowest BCUT2D eigenvalue weighted by Crippen LogP contribution is -2.29. The number of aromatic nitrogens is 6. The van der Waals surface area contributed by atoms with Crippen LogP contribution in [0.1, 0.15) is 22.9 Å². The molecule has 1 aliphatic rings. The molecule has 0 saturated heterocycles. The number of hydrogen-bond acceptors (Lipinski definition) is 7. The third kappa shape index (κ3) is 1.97. The highest BCUT2D eigenvalue weighted by atomic mass is 16.5.